The minimum Gasteiger partial charge on any atom is -0.267 e. The Kier molecular flexibility index (Phi) is 3.15. The molecule has 2 atom stereocenters. The van der Waals surface area contributed by atoms with Crippen molar-refractivity contribution in [3.8, 4) is 0 Å². The van der Waals surface area contributed by atoms with Crippen LogP contribution in [0, 0.1) is 11.8 Å². The van der Waals surface area contributed by atoms with Gasteiger partial charge in [0.25, 0.3) is 5.91 Å². The molecule has 2 aliphatic rings. The number of amides is 1. The maximum absolute atomic E-state index is 12.7. The molecule has 1 amide bonds. The highest BCUT2D eigenvalue weighted by Gasteiger charge is 2.48. The van der Waals surface area contributed by atoms with Crippen molar-refractivity contribution >= 4 is 11.6 Å². The molecule has 3 nitrogen and oxygen atoms in total. The molecule has 1 heterocycles. The fourth-order valence-corrected chi connectivity index (χ4v) is 3.51. The summed E-state index contributed by atoms with van der Waals surface area (Å²) in [6.45, 7) is 6.56. The quantitative estimate of drug-likeness (QED) is 0.765. The molecule has 1 aromatic carbocycles. The fraction of sp³-hybridized carbons (Fsp3) is 0.529. The zero-order chi connectivity index (χ0) is 14.3. The lowest BCUT2D eigenvalue weighted by molar-refractivity contribution is 0.0537. The van der Waals surface area contributed by atoms with Gasteiger partial charge in [-0.05, 0) is 51.2 Å². The lowest BCUT2D eigenvalue weighted by Gasteiger charge is -2.36. The Labute approximate surface area is 120 Å². The molecule has 20 heavy (non-hydrogen) atoms. The van der Waals surface area contributed by atoms with Crippen molar-refractivity contribution < 1.29 is 4.79 Å². The lowest BCUT2D eigenvalue weighted by atomic mass is 9.73. The summed E-state index contributed by atoms with van der Waals surface area (Å²) in [5.41, 5.74) is 1.73. The van der Waals surface area contributed by atoms with Gasteiger partial charge in [0.2, 0.25) is 0 Å². The van der Waals surface area contributed by atoms with Gasteiger partial charge < -0.3 is 0 Å². The average molecular weight is 270 g/mol. The molecule has 1 unspecified atom stereocenters. The normalized spacial score (nSPS) is 27.9. The molecule has 0 bridgehead atoms. The predicted molar refractivity (Wildman–Crippen MR) is 80.6 cm³/mol. The summed E-state index contributed by atoms with van der Waals surface area (Å²) in [5.74, 6) is 1.13. The van der Waals surface area contributed by atoms with Gasteiger partial charge in [0, 0.05) is 17.2 Å². The van der Waals surface area contributed by atoms with E-state index in [9.17, 15) is 4.79 Å². The van der Waals surface area contributed by atoms with E-state index < -0.39 is 0 Å². The van der Waals surface area contributed by atoms with Crippen LogP contribution < -0.4 is 0 Å². The number of hydrazone groups is 1. The molecule has 1 aromatic rings. The number of fused-ring (bicyclic) bond motifs is 1. The van der Waals surface area contributed by atoms with Crippen molar-refractivity contribution in [1.29, 1.82) is 0 Å². The van der Waals surface area contributed by atoms with Gasteiger partial charge in [0.05, 0.1) is 5.54 Å². The van der Waals surface area contributed by atoms with Crippen LogP contribution in [0.5, 0.6) is 0 Å². The van der Waals surface area contributed by atoms with Crippen LogP contribution in [-0.4, -0.2) is 22.2 Å². The summed E-state index contributed by atoms with van der Waals surface area (Å²) in [7, 11) is 0. The van der Waals surface area contributed by atoms with Crippen molar-refractivity contribution in [3.05, 3.63) is 35.9 Å². The van der Waals surface area contributed by atoms with Crippen LogP contribution in [0.15, 0.2) is 35.4 Å². The van der Waals surface area contributed by atoms with Gasteiger partial charge in [-0.3, -0.25) is 4.79 Å². The Morgan fingerprint density at radius 3 is 2.65 bits per heavy atom. The summed E-state index contributed by atoms with van der Waals surface area (Å²) >= 11 is 0. The highest BCUT2D eigenvalue weighted by atomic mass is 16.2. The monoisotopic (exact) mass is 270 g/mol. The maximum Gasteiger partial charge on any atom is 0.274 e. The Balaban J connectivity index is 1.92. The molecule has 0 spiro atoms. The lowest BCUT2D eigenvalue weighted by Crippen LogP contribution is -2.47. The van der Waals surface area contributed by atoms with E-state index in [1.165, 1.54) is 12.1 Å². The third-order valence-corrected chi connectivity index (χ3v) is 4.75. The topological polar surface area (TPSA) is 32.7 Å². The standard InChI is InChI=1S/C17H22N2O/c1-12-9-10-14-15(11-12)18-19(17(14,2)3)16(20)13-7-5-4-6-8-13/h4-8,12,14H,9-11H2,1-3H3/t12-,14?/m1/s1. The molecule has 3 rings (SSSR count). The van der Waals surface area contributed by atoms with Gasteiger partial charge >= 0.3 is 0 Å². The Hall–Kier alpha value is -1.64. The van der Waals surface area contributed by atoms with Crippen LogP contribution in [0.4, 0.5) is 0 Å². The highest BCUT2D eigenvalue weighted by molar-refractivity contribution is 5.99. The van der Waals surface area contributed by atoms with Gasteiger partial charge in [-0.2, -0.15) is 5.10 Å². The summed E-state index contributed by atoms with van der Waals surface area (Å²) < 4.78 is 0. The minimum absolute atomic E-state index is 0.0187. The van der Waals surface area contributed by atoms with Gasteiger partial charge in [-0.25, -0.2) is 5.01 Å². The molecular weight excluding hydrogens is 248 g/mol. The zero-order valence-electron chi connectivity index (χ0n) is 12.5. The van der Waals surface area contributed by atoms with Crippen LogP contribution in [-0.2, 0) is 0 Å². The van der Waals surface area contributed by atoms with E-state index in [1.54, 1.807) is 5.01 Å². The van der Waals surface area contributed by atoms with Gasteiger partial charge in [-0.1, -0.05) is 25.1 Å². The SMILES string of the molecule is C[C@@H]1CCC2C(=NN(C(=O)c3ccccc3)C2(C)C)C1. The number of benzene rings is 1. The van der Waals surface area contributed by atoms with E-state index in [-0.39, 0.29) is 11.4 Å². The van der Waals surface area contributed by atoms with Gasteiger partial charge in [0.15, 0.2) is 0 Å². The Morgan fingerprint density at radius 2 is 1.95 bits per heavy atom. The Bertz CT molecular complexity index is 547. The first-order chi connectivity index (χ1) is 9.50. The molecular formula is C17H22N2O. The average Bonchev–Trinajstić information content (AvgIpc) is 2.70. The second-order valence-electron chi connectivity index (χ2n) is 6.67. The van der Waals surface area contributed by atoms with E-state index in [2.05, 4.69) is 25.9 Å². The van der Waals surface area contributed by atoms with Gasteiger partial charge in [-0.15, -0.1) is 0 Å². The molecule has 1 fully saturated rings. The number of hydrogen-bond acceptors (Lipinski definition) is 2. The second kappa shape index (κ2) is 4.72. The maximum atomic E-state index is 12.7. The molecule has 0 aromatic heterocycles. The zero-order valence-corrected chi connectivity index (χ0v) is 12.5. The van der Waals surface area contributed by atoms with Crippen molar-refractivity contribution in [1.82, 2.24) is 5.01 Å². The molecule has 1 aliphatic heterocycles. The molecule has 106 valence electrons. The Morgan fingerprint density at radius 1 is 1.25 bits per heavy atom. The van der Waals surface area contributed by atoms with Crippen molar-refractivity contribution in [2.24, 2.45) is 16.9 Å². The predicted octanol–water partition coefficient (Wildman–Crippen LogP) is 3.71. The minimum atomic E-state index is -0.206. The van der Waals surface area contributed by atoms with E-state index >= 15 is 0 Å². The van der Waals surface area contributed by atoms with E-state index in [1.807, 2.05) is 30.3 Å². The molecule has 3 heteroatoms. The molecule has 1 aliphatic carbocycles. The molecule has 1 saturated carbocycles. The van der Waals surface area contributed by atoms with Crippen LogP contribution in [0.3, 0.4) is 0 Å². The van der Waals surface area contributed by atoms with Gasteiger partial charge in [0.1, 0.15) is 0 Å². The molecule has 0 saturated heterocycles. The van der Waals surface area contributed by atoms with Crippen LogP contribution in [0.2, 0.25) is 0 Å². The first kappa shape index (κ1) is 13.3. The smallest absolute Gasteiger partial charge is 0.267 e. The van der Waals surface area contributed by atoms with E-state index in [0.29, 0.717) is 11.8 Å². The number of hydrogen-bond donors (Lipinski definition) is 0. The second-order valence-corrected chi connectivity index (χ2v) is 6.67. The first-order valence-electron chi connectivity index (χ1n) is 7.47. The molecule has 0 N–H and O–H groups in total. The van der Waals surface area contributed by atoms with Crippen molar-refractivity contribution in [3.63, 3.8) is 0 Å². The number of carbonyl (C=O) groups excluding carboxylic acids is 1. The van der Waals surface area contributed by atoms with E-state index in [0.717, 1.165) is 18.4 Å². The summed E-state index contributed by atoms with van der Waals surface area (Å²) in [5, 5.41) is 6.41. The summed E-state index contributed by atoms with van der Waals surface area (Å²) in [6, 6.07) is 9.46. The van der Waals surface area contributed by atoms with Crippen LogP contribution in [0.25, 0.3) is 0 Å². The van der Waals surface area contributed by atoms with Crippen molar-refractivity contribution in [2.45, 2.75) is 45.6 Å². The third-order valence-electron chi connectivity index (χ3n) is 4.75. The first-order valence-corrected chi connectivity index (χ1v) is 7.47. The number of nitrogens with zero attached hydrogens (tertiary/aromatic N) is 2. The summed E-state index contributed by atoms with van der Waals surface area (Å²) in [4.78, 5) is 12.7. The molecule has 0 radical (unpaired) electrons. The number of carbonyl (C=O) groups is 1. The van der Waals surface area contributed by atoms with E-state index in [4.69, 9.17) is 0 Å². The third kappa shape index (κ3) is 2.05. The summed E-state index contributed by atoms with van der Waals surface area (Å²) in [6.07, 6.45) is 3.42. The van der Waals surface area contributed by atoms with Crippen molar-refractivity contribution in [2.75, 3.05) is 0 Å². The fourth-order valence-electron chi connectivity index (χ4n) is 3.51. The van der Waals surface area contributed by atoms with Crippen LogP contribution in [0.1, 0.15) is 50.4 Å². The largest absolute Gasteiger partial charge is 0.274 e. The van der Waals surface area contributed by atoms with Crippen LogP contribution >= 0.6 is 0 Å². The highest BCUT2D eigenvalue weighted by Crippen LogP contribution is 2.42. The number of rotatable bonds is 1.